The van der Waals surface area contributed by atoms with Crippen LogP contribution in [0.1, 0.15) is 41.7 Å². The van der Waals surface area contributed by atoms with Gasteiger partial charge in [0.15, 0.2) is 0 Å². The van der Waals surface area contributed by atoms with Crippen LogP contribution in [-0.4, -0.2) is 33.4 Å². The molecular weight excluding hydrogens is 302 g/mol. The lowest BCUT2D eigenvalue weighted by Gasteiger charge is -2.33. The van der Waals surface area contributed by atoms with E-state index in [9.17, 15) is 4.79 Å². The molecule has 4 rings (SSSR count). The molecule has 1 fully saturated rings. The van der Waals surface area contributed by atoms with Crippen molar-refractivity contribution in [3.05, 3.63) is 54.3 Å². The van der Waals surface area contributed by atoms with Gasteiger partial charge in [0.25, 0.3) is 5.91 Å². The highest BCUT2D eigenvalue weighted by Crippen LogP contribution is 2.27. The van der Waals surface area contributed by atoms with Gasteiger partial charge in [-0.25, -0.2) is 4.98 Å². The summed E-state index contributed by atoms with van der Waals surface area (Å²) < 4.78 is 7.70. The summed E-state index contributed by atoms with van der Waals surface area (Å²) in [5.74, 6) is 0.0619. The van der Waals surface area contributed by atoms with E-state index in [1.165, 1.54) is 5.56 Å². The molecular formula is C19H21N3O2. The van der Waals surface area contributed by atoms with E-state index in [0.29, 0.717) is 11.6 Å². The number of piperidine rings is 1. The third-order valence-electron chi connectivity index (χ3n) is 4.91. The summed E-state index contributed by atoms with van der Waals surface area (Å²) in [7, 11) is 0. The fraction of sp³-hybridized carbons (Fsp3) is 0.368. The minimum absolute atomic E-state index is 0.0619. The number of imidazole rings is 1. The zero-order valence-corrected chi connectivity index (χ0v) is 13.8. The SMILES string of the molecule is CCc1ccc2occ(C(=O)N3CCCC(n4ccnc4)C3)c2c1. The van der Waals surface area contributed by atoms with Crippen molar-refractivity contribution >= 4 is 16.9 Å². The average Bonchev–Trinajstić information content (AvgIpc) is 3.30. The van der Waals surface area contributed by atoms with E-state index in [1.807, 2.05) is 23.5 Å². The summed E-state index contributed by atoms with van der Waals surface area (Å²) >= 11 is 0. The number of carbonyl (C=O) groups is 1. The van der Waals surface area contributed by atoms with Crippen molar-refractivity contribution in [2.75, 3.05) is 13.1 Å². The fourth-order valence-electron chi connectivity index (χ4n) is 3.50. The van der Waals surface area contributed by atoms with Gasteiger partial charge >= 0.3 is 0 Å². The summed E-state index contributed by atoms with van der Waals surface area (Å²) in [6.07, 6.45) is 10.2. The van der Waals surface area contributed by atoms with Gasteiger partial charge in [0.05, 0.1) is 17.9 Å². The zero-order chi connectivity index (χ0) is 16.5. The van der Waals surface area contributed by atoms with Crippen LogP contribution in [0.4, 0.5) is 0 Å². The van der Waals surface area contributed by atoms with Crippen molar-refractivity contribution in [3.8, 4) is 0 Å². The van der Waals surface area contributed by atoms with Crippen LogP contribution in [0, 0.1) is 0 Å². The smallest absolute Gasteiger partial charge is 0.257 e. The van der Waals surface area contributed by atoms with Crippen molar-refractivity contribution in [1.29, 1.82) is 0 Å². The number of carbonyl (C=O) groups excluding carboxylic acids is 1. The van der Waals surface area contributed by atoms with Crippen LogP contribution in [0.3, 0.4) is 0 Å². The van der Waals surface area contributed by atoms with Crippen molar-refractivity contribution in [2.45, 2.75) is 32.2 Å². The van der Waals surface area contributed by atoms with Crippen LogP contribution in [0.15, 0.2) is 47.6 Å². The third kappa shape index (κ3) is 2.60. The Labute approximate surface area is 140 Å². The molecule has 1 aromatic carbocycles. The number of rotatable bonds is 3. The van der Waals surface area contributed by atoms with Gasteiger partial charge in [0.2, 0.25) is 0 Å². The molecule has 124 valence electrons. The largest absolute Gasteiger partial charge is 0.463 e. The van der Waals surface area contributed by atoms with Crippen molar-refractivity contribution in [1.82, 2.24) is 14.5 Å². The molecule has 1 aliphatic rings. The summed E-state index contributed by atoms with van der Waals surface area (Å²) in [5, 5.41) is 0.920. The molecule has 0 spiro atoms. The normalized spacial score (nSPS) is 18.2. The second-order valence-corrected chi connectivity index (χ2v) is 6.39. The summed E-state index contributed by atoms with van der Waals surface area (Å²) in [5.41, 5.74) is 2.66. The predicted molar refractivity (Wildman–Crippen MR) is 92.0 cm³/mol. The number of furan rings is 1. The number of aryl methyl sites for hydroxylation is 1. The van der Waals surface area contributed by atoms with E-state index in [4.69, 9.17) is 4.42 Å². The molecule has 3 aromatic rings. The molecule has 1 atom stereocenters. The Balaban J connectivity index is 1.61. The second-order valence-electron chi connectivity index (χ2n) is 6.39. The van der Waals surface area contributed by atoms with Crippen LogP contribution in [-0.2, 0) is 6.42 Å². The lowest BCUT2D eigenvalue weighted by Crippen LogP contribution is -2.40. The molecule has 0 aliphatic carbocycles. The van der Waals surface area contributed by atoms with E-state index in [-0.39, 0.29) is 5.91 Å². The number of nitrogens with zero attached hydrogens (tertiary/aromatic N) is 3. The fourth-order valence-corrected chi connectivity index (χ4v) is 3.50. The number of aromatic nitrogens is 2. The number of benzene rings is 1. The molecule has 1 aliphatic heterocycles. The van der Waals surface area contributed by atoms with E-state index in [2.05, 4.69) is 28.6 Å². The Morgan fingerprint density at radius 3 is 3.12 bits per heavy atom. The van der Waals surface area contributed by atoms with E-state index in [1.54, 1.807) is 12.5 Å². The van der Waals surface area contributed by atoms with Gasteiger partial charge in [0, 0.05) is 30.9 Å². The van der Waals surface area contributed by atoms with Crippen LogP contribution in [0.25, 0.3) is 11.0 Å². The number of likely N-dealkylation sites (tertiary alicyclic amines) is 1. The highest BCUT2D eigenvalue weighted by Gasteiger charge is 2.27. The summed E-state index contributed by atoms with van der Waals surface area (Å²) in [6.45, 7) is 3.63. The number of amides is 1. The third-order valence-corrected chi connectivity index (χ3v) is 4.91. The van der Waals surface area contributed by atoms with Crippen LogP contribution >= 0.6 is 0 Å². The predicted octanol–water partition coefficient (Wildman–Crippen LogP) is 3.67. The number of hydrogen-bond acceptors (Lipinski definition) is 3. The first kappa shape index (κ1) is 15.0. The van der Waals surface area contributed by atoms with Gasteiger partial charge in [-0.1, -0.05) is 13.0 Å². The molecule has 24 heavy (non-hydrogen) atoms. The number of fused-ring (bicyclic) bond motifs is 1. The highest BCUT2D eigenvalue weighted by molar-refractivity contribution is 6.06. The van der Waals surface area contributed by atoms with Gasteiger partial charge in [0.1, 0.15) is 11.8 Å². The quantitative estimate of drug-likeness (QED) is 0.739. The van der Waals surface area contributed by atoms with Crippen molar-refractivity contribution in [3.63, 3.8) is 0 Å². The molecule has 1 saturated heterocycles. The Bertz CT molecular complexity index is 851. The standard InChI is InChI=1S/C19H21N3O2/c1-2-14-5-6-18-16(10-14)17(12-24-18)19(23)21-8-3-4-15(11-21)22-9-7-20-13-22/h5-7,9-10,12-13,15H,2-4,8,11H2,1H3. The second kappa shape index (κ2) is 6.15. The van der Waals surface area contributed by atoms with Crippen LogP contribution in [0.2, 0.25) is 0 Å². The lowest BCUT2D eigenvalue weighted by molar-refractivity contribution is 0.0680. The molecule has 1 amide bonds. The Hall–Kier alpha value is -2.56. The molecule has 5 nitrogen and oxygen atoms in total. The van der Waals surface area contributed by atoms with Gasteiger partial charge in [-0.3, -0.25) is 4.79 Å². The van der Waals surface area contributed by atoms with Crippen LogP contribution in [0.5, 0.6) is 0 Å². The van der Waals surface area contributed by atoms with E-state index < -0.39 is 0 Å². The monoisotopic (exact) mass is 323 g/mol. The van der Waals surface area contributed by atoms with Crippen LogP contribution < -0.4 is 0 Å². The van der Waals surface area contributed by atoms with Crippen molar-refractivity contribution < 1.29 is 9.21 Å². The molecule has 3 heterocycles. The topological polar surface area (TPSA) is 51.3 Å². The van der Waals surface area contributed by atoms with Gasteiger partial charge in [-0.05, 0) is 37.0 Å². The summed E-state index contributed by atoms with van der Waals surface area (Å²) in [6, 6.07) is 6.38. The van der Waals surface area contributed by atoms with E-state index >= 15 is 0 Å². The Kier molecular flexibility index (Phi) is 3.84. The summed E-state index contributed by atoms with van der Waals surface area (Å²) in [4.78, 5) is 19.1. The minimum atomic E-state index is 0.0619. The average molecular weight is 323 g/mol. The van der Waals surface area contributed by atoms with Gasteiger partial charge in [-0.15, -0.1) is 0 Å². The molecule has 0 saturated carbocycles. The first-order chi connectivity index (χ1) is 11.8. The first-order valence-corrected chi connectivity index (χ1v) is 8.53. The van der Waals surface area contributed by atoms with Gasteiger partial charge in [-0.2, -0.15) is 0 Å². The zero-order valence-electron chi connectivity index (χ0n) is 13.8. The van der Waals surface area contributed by atoms with Gasteiger partial charge < -0.3 is 13.9 Å². The highest BCUT2D eigenvalue weighted by atomic mass is 16.3. The molecule has 0 bridgehead atoms. The molecule has 2 aromatic heterocycles. The molecule has 1 unspecified atom stereocenters. The molecule has 0 radical (unpaired) electrons. The van der Waals surface area contributed by atoms with Crippen molar-refractivity contribution in [2.24, 2.45) is 0 Å². The number of hydrogen-bond donors (Lipinski definition) is 0. The maximum Gasteiger partial charge on any atom is 0.257 e. The minimum Gasteiger partial charge on any atom is -0.463 e. The van der Waals surface area contributed by atoms with E-state index in [0.717, 1.165) is 43.3 Å². The Morgan fingerprint density at radius 2 is 2.33 bits per heavy atom. The first-order valence-electron chi connectivity index (χ1n) is 8.53. The maximum atomic E-state index is 13.0. The Morgan fingerprint density at radius 1 is 1.42 bits per heavy atom. The lowest BCUT2D eigenvalue weighted by atomic mass is 10.0. The molecule has 0 N–H and O–H groups in total. The molecule has 5 heteroatoms. The maximum absolute atomic E-state index is 13.0.